The highest BCUT2D eigenvalue weighted by Crippen LogP contribution is 2.31. The highest BCUT2D eigenvalue weighted by molar-refractivity contribution is 6.31. The third kappa shape index (κ3) is 2.68. The number of hydrogen-bond acceptors (Lipinski definition) is 3. The Bertz CT molecular complexity index is 570. The maximum absolute atomic E-state index is 9.46. The van der Waals surface area contributed by atoms with E-state index in [-0.39, 0.29) is 11.4 Å². The van der Waals surface area contributed by atoms with Crippen LogP contribution in [0.3, 0.4) is 0 Å². The number of benzene rings is 2. The molecule has 0 aliphatic carbocycles. The van der Waals surface area contributed by atoms with Gasteiger partial charge in [-0.2, -0.15) is 0 Å². The molecule has 0 fully saturated rings. The Morgan fingerprint density at radius 2 is 2.06 bits per heavy atom. The number of nitrogen functional groups attached to an aromatic ring is 1. The Labute approximate surface area is 111 Å². The molecule has 2 aromatic rings. The molecule has 3 N–H and O–H groups in total. The maximum atomic E-state index is 9.46. The molecular weight excluding hydrogens is 250 g/mol. The predicted octanol–water partition coefficient (Wildman–Crippen LogP) is 3.52. The van der Waals surface area contributed by atoms with Crippen molar-refractivity contribution >= 4 is 17.3 Å². The molecule has 0 unspecified atom stereocenters. The quantitative estimate of drug-likeness (QED) is 0.658. The highest BCUT2D eigenvalue weighted by Gasteiger charge is 2.06. The van der Waals surface area contributed by atoms with Crippen LogP contribution in [0.4, 0.5) is 5.69 Å². The molecule has 2 aromatic carbocycles. The summed E-state index contributed by atoms with van der Waals surface area (Å²) in [6.07, 6.45) is 0. The second-order valence-electron chi connectivity index (χ2n) is 4.07. The van der Waals surface area contributed by atoms with Crippen LogP contribution in [0.5, 0.6) is 11.5 Å². The van der Waals surface area contributed by atoms with Gasteiger partial charge < -0.3 is 15.6 Å². The van der Waals surface area contributed by atoms with E-state index < -0.39 is 0 Å². The number of ether oxygens (including phenoxy) is 1. The molecule has 0 atom stereocenters. The first-order valence-corrected chi connectivity index (χ1v) is 5.91. The van der Waals surface area contributed by atoms with Crippen molar-refractivity contribution < 1.29 is 9.84 Å². The van der Waals surface area contributed by atoms with Crippen molar-refractivity contribution in [3.8, 4) is 11.5 Å². The van der Waals surface area contributed by atoms with Crippen molar-refractivity contribution in [3.05, 3.63) is 52.5 Å². The third-order valence-corrected chi connectivity index (χ3v) is 2.99. The van der Waals surface area contributed by atoms with E-state index in [0.717, 1.165) is 11.1 Å². The van der Waals surface area contributed by atoms with Gasteiger partial charge in [0.1, 0.15) is 23.8 Å². The first-order chi connectivity index (χ1) is 8.58. The van der Waals surface area contributed by atoms with E-state index in [2.05, 4.69) is 0 Å². The monoisotopic (exact) mass is 263 g/mol. The van der Waals surface area contributed by atoms with Crippen LogP contribution in [0.25, 0.3) is 0 Å². The van der Waals surface area contributed by atoms with Crippen LogP contribution in [0, 0.1) is 6.92 Å². The molecule has 3 nitrogen and oxygen atoms in total. The van der Waals surface area contributed by atoms with Crippen LogP contribution < -0.4 is 10.5 Å². The van der Waals surface area contributed by atoms with E-state index in [0.29, 0.717) is 17.4 Å². The summed E-state index contributed by atoms with van der Waals surface area (Å²) in [5.74, 6) is 0.467. The number of phenols is 1. The van der Waals surface area contributed by atoms with Gasteiger partial charge in [0.15, 0.2) is 0 Å². The summed E-state index contributed by atoms with van der Waals surface area (Å²) < 4.78 is 5.55. The van der Waals surface area contributed by atoms with Crippen molar-refractivity contribution in [2.75, 3.05) is 5.73 Å². The molecule has 18 heavy (non-hydrogen) atoms. The summed E-state index contributed by atoms with van der Waals surface area (Å²) in [5.41, 5.74) is 7.92. The molecule has 0 saturated carbocycles. The summed E-state index contributed by atoms with van der Waals surface area (Å²) in [4.78, 5) is 0. The van der Waals surface area contributed by atoms with Crippen LogP contribution in [-0.2, 0) is 6.61 Å². The number of para-hydroxylation sites is 1. The summed E-state index contributed by atoms with van der Waals surface area (Å²) in [7, 11) is 0. The molecule has 0 aliphatic rings. The predicted molar refractivity (Wildman–Crippen MR) is 73.0 cm³/mol. The fourth-order valence-electron chi connectivity index (χ4n) is 1.58. The first kappa shape index (κ1) is 12.6. The number of rotatable bonds is 3. The molecule has 0 spiro atoms. The zero-order valence-electron chi connectivity index (χ0n) is 9.98. The van der Waals surface area contributed by atoms with Crippen molar-refractivity contribution in [3.63, 3.8) is 0 Å². The van der Waals surface area contributed by atoms with E-state index in [1.54, 1.807) is 12.1 Å². The fourth-order valence-corrected chi connectivity index (χ4v) is 1.87. The highest BCUT2D eigenvalue weighted by atomic mass is 35.5. The van der Waals surface area contributed by atoms with Gasteiger partial charge >= 0.3 is 0 Å². The Kier molecular flexibility index (Phi) is 3.63. The van der Waals surface area contributed by atoms with Gasteiger partial charge in [0, 0.05) is 10.6 Å². The van der Waals surface area contributed by atoms with Crippen LogP contribution >= 0.6 is 11.6 Å². The number of aromatic hydroxyl groups is 1. The second-order valence-corrected chi connectivity index (χ2v) is 4.48. The normalized spacial score (nSPS) is 10.3. The average Bonchev–Trinajstić information content (AvgIpc) is 2.33. The van der Waals surface area contributed by atoms with E-state index >= 15 is 0 Å². The first-order valence-electron chi connectivity index (χ1n) is 5.53. The van der Waals surface area contributed by atoms with E-state index in [4.69, 9.17) is 22.1 Å². The molecule has 0 amide bonds. The van der Waals surface area contributed by atoms with E-state index in [1.807, 2.05) is 25.1 Å². The van der Waals surface area contributed by atoms with Gasteiger partial charge in [-0.05, 0) is 30.7 Å². The van der Waals surface area contributed by atoms with E-state index in [9.17, 15) is 5.11 Å². The molecule has 0 saturated heterocycles. The summed E-state index contributed by atoms with van der Waals surface area (Å²) in [5, 5.41) is 10.1. The minimum absolute atomic E-state index is 0.0162. The lowest BCUT2D eigenvalue weighted by Gasteiger charge is -2.11. The van der Waals surface area contributed by atoms with Gasteiger partial charge in [-0.25, -0.2) is 0 Å². The van der Waals surface area contributed by atoms with Crippen molar-refractivity contribution in [1.82, 2.24) is 0 Å². The van der Waals surface area contributed by atoms with Gasteiger partial charge in [0.2, 0.25) is 0 Å². The lowest BCUT2D eigenvalue weighted by molar-refractivity contribution is 0.306. The zero-order valence-corrected chi connectivity index (χ0v) is 10.7. The van der Waals surface area contributed by atoms with Crippen molar-refractivity contribution in [1.29, 1.82) is 0 Å². The average molecular weight is 264 g/mol. The number of phenolic OH excluding ortho intramolecular Hbond substituents is 1. The van der Waals surface area contributed by atoms with E-state index in [1.165, 1.54) is 6.07 Å². The second kappa shape index (κ2) is 5.19. The fraction of sp³-hybridized carbons (Fsp3) is 0.143. The van der Waals surface area contributed by atoms with Crippen molar-refractivity contribution in [2.45, 2.75) is 13.5 Å². The molecule has 0 aliphatic heterocycles. The minimum atomic E-state index is 0.0162. The lowest BCUT2D eigenvalue weighted by Crippen LogP contribution is -1.99. The third-order valence-electron chi connectivity index (χ3n) is 2.63. The molecule has 0 radical (unpaired) electrons. The van der Waals surface area contributed by atoms with Gasteiger partial charge in [-0.1, -0.05) is 29.8 Å². The number of halogens is 1. The molecule has 94 valence electrons. The molecule has 0 aromatic heterocycles. The van der Waals surface area contributed by atoms with Gasteiger partial charge in [0.05, 0.1) is 0 Å². The zero-order chi connectivity index (χ0) is 13.1. The number of hydrogen-bond donors (Lipinski definition) is 2. The molecule has 0 heterocycles. The number of nitrogens with two attached hydrogens (primary N) is 1. The molecule has 4 heteroatoms. The summed E-state index contributed by atoms with van der Waals surface area (Å²) >= 11 is 6.11. The topological polar surface area (TPSA) is 55.5 Å². The molecule has 0 bridgehead atoms. The van der Waals surface area contributed by atoms with Crippen LogP contribution in [-0.4, -0.2) is 5.11 Å². The smallest absolute Gasteiger partial charge is 0.146 e. The minimum Gasteiger partial charge on any atom is -0.506 e. The largest absolute Gasteiger partial charge is 0.506 e. The summed E-state index contributed by atoms with van der Waals surface area (Å²) in [6, 6.07) is 10.7. The van der Waals surface area contributed by atoms with Gasteiger partial charge in [-0.15, -0.1) is 0 Å². The van der Waals surface area contributed by atoms with Gasteiger partial charge in [-0.3, -0.25) is 0 Å². The SMILES string of the molecule is Cc1ccc(COc2cccc(O)c2N)c(Cl)c1. The van der Waals surface area contributed by atoms with Crippen LogP contribution in [0.2, 0.25) is 5.02 Å². The van der Waals surface area contributed by atoms with Gasteiger partial charge in [0.25, 0.3) is 0 Å². The Morgan fingerprint density at radius 1 is 1.28 bits per heavy atom. The maximum Gasteiger partial charge on any atom is 0.146 e. The number of aryl methyl sites for hydroxylation is 1. The molecular formula is C14H14ClNO2. The Morgan fingerprint density at radius 3 is 2.78 bits per heavy atom. The van der Waals surface area contributed by atoms with Crippen molar-refractivity contribution in [2.24, 2.45) is 0 Å². The van der Waals surface area contributed by atoms with Crippen LogP contribution in [0.15, 0.2) is 36.4 Å². The Hall–Kier alpha value is -1.87. The lowest BCUT2D eigenvalue weighted by atomic mass is 10.1. The number of anilines is 1. The Balaban J connectivity index is 2.14. The van der Waals surface area contributed by atoms with Crippen LogP contribution in [0.1, 0.15) is 11.1 Å². The summed E-state index contributed by atoms with van der Waals surface area (Å²) in [6.45, 7) is 2.29. The standard InChI is InChI=1S/C14H14ClNO2/c1-9-5-6-10(11(15)7-9)8-18-13-4-2-3-12(17)14(13)16/h2-7,17H,8,16H2,1H3. The molecule has 2 rings (SSSR count).